The minimum atomic E-state index is -0.785. The summed E-state index contributed by atoms with van der Waals surface area (Å²) in [7, 11) is 0. The number of aryl methyl sites for hydroxylation is 1. The highest BCUT2D eigenvalue weighted by Crippen LogP contribution is 2.22. The number of cyclic esters (lactones) is 1. The maximum Gasteiger partial charge on any atom is 0.339 e. The molecule has 1 atom stereocenters. The van der Waals surface area contributed by atoms with Crippen LogP contribution in [-0.4, -0.2) is 18.0 Å². The Hall–Kier alpha value is -2.62. The van der Waals surface area contributed by atoms with Gasteiger partial charge in [0.1, 0.15) is 0 Å². The third-order valence-electron chi connectivity index (χ3n) is 3.47. The van der Waals surface area contributed by atoms with Crippen LogP contribution in [0, 0.1) is 6.92 Å². The van der Waals surface area contributed by atoms with Gasteiger partial charge < -0.3 is 10.1 Å². The number of para-hydroxylation sites is 1. The molecule has 0 saturated heterocycles. The SMILES string of the molecule is Cc1ccc2c(c1)CC(C(=O)Nc1ccccc1)OC2=O. The van der Waals surface area contributed by atoms with Crippen molar-refractivity contribution in [2.24, 2.45) is 0 Å². The molecule has 4 nitrogen and oxygen atoms in total. The molecule has 4 heteroatoms. The van der Waals surface area contributed by atoms with Crippen LogP contribution in [0.2, 0.25) is 0 Å². The number of ether oxygens (including phenoxy) is 1. The van der Waals surface area contributed by atoms with Gasteiger partial charge in [-0.05, 0) is 30.7 Å². The van der Waals surface area contributed by atoms with E-state index in [1.165, 1.54) is 0 Å². The zero-order chi connectivity index (χ0) is 14.8. The van der Waals surface area contributed by atoms with Crippen LogP contribution in [-0.2, 0) is 16.0 Å². The fourth-order valence-corrected chi connectivity index (χ4v) is 2.42. The van der Waals surface area contributed by atoms with E-state index in [2.05, 4.69) is 5.32 Å². The summed E-state index contributed by atoms with van der Waals surface area (Å²) in [6.07, 6.45) is -0.381. The molecule has 1 N–H and O–H groups in total. The predicted octanol–water partition coefficient (Wildman–Crippen LogP) is 2.72. The summed E-state index contributed by atoms with van der Waals surface area (Å²) in [6.45, 7) is 1.96. The second kappa shape index (κ2) is 5.40. The van der Waals surface area contributed by atoms with Crippen LogP contribution in [0.3, 0.4) is 0 Å². The first kappa shape index (κ1) is 13.4. The topological polar surface area (TPSA) is 55.4 Å². The molecule has 2 aromatic rings. The Morgan fingerprint density at radius 3 is 2.71 bits per heavy atom. The minimum Gasteiger partial charge on any atom is -0.448 e. The maximum absolute atomic E-state index is 12.2. The number of hydrogen-bond donors (Lipinski definition) is 1. The first-order chi connectivity index (χ1) is 10.1. The largest absolute Gasteiger partial charge is 0.448 e. The molecular weight excluding hydrogens is 266 g/mol. The van der Waals surface area contributed by atoms with Crippen molar-refractivity contribution in [3.05, 3.63) is 65.2 Å². The van der Waals surface area contributed by atoms with Crippen LogP contribution < -0.4 is 5.32 Å². The van der Waals surface area contributed by atoms with Gasteiger partial charge in [0.05, 0.1) is 5.56 Å². The van der Waals surface area contributed by atoms with Crippen LogP contribution in [0.1, 0.15) is 21.5 Å². The van der Waals surface area contributed by atoms with Crippen LogP contribution >= 0.6 is 0 Å². The Labute approximate surface area is 122 Å². The molecule has 106 valence electrons. The Morgan fingerprint density at radius 2 is 1.95 bits per heavy atom. The Balaban J connectivity index is 1.79. The molecule has 1 aliphatic heterocycles. The molecular formula is C17H15NO3. The van der Waals surface area contributed by atoms with Crippen LogP contribution in [0.15, 0.2) is 48.5 Å². The van der Waals surface area contributed by atoms with Gasteiger partial charge in [-0.25, -0.2) is 4.79 Å². The van der Waals surface area contributed by atoms with E-state index in [9.17, 15) is 9.59 Å². The normalized spacial score (nSPS) is 16.8. The number of esters is 1. The standard InChI is InChI=1S/C17H15NO3/c1-11-7-8-14-12(9-11)10-15(21-17(14)20)16(19)18-13-5-3-2-4-6-13/h2-9,15H,10H2,1H3,(H,18,19). The zero-order valence-corrected chi connectivity index (χ0v) is 11.6. The number of carbonyl (C=O) groups is 2. The zero-order valence-electron chi connectivity index (χ0n) is 11.6. The molecule has 0 saturated carbocycles. The number of rotatable bonds is 2. The fourth-order valence-electron chi connectivity index (χ4n) is 2.42. The number of amides is 1. The highest BCUT2D eigenvalue weighted by atomic mass is 16.5. The molecule has 0 radical (unpaired) electrons. The van der Waals surface area contributed by atoms with Gasteiger partial charge in [0.2, 0.25) is 0 Å². The summed E-state index contributed by atoms with van der Waals surface area (Å²) >= 11 is 0. The number of nitrogens with one attached hydrogen (secondary N) is 1. The van der Waals surface area contributed by atoms with Gasteiger partial charge in [0.15, 0.2) is 6.10 Å². The highest BCUT2D eigenvalue weighted by molar-refractivity contribution is 6.00. The maximum atomic E-state index is 12.2. The van der Waals surface area contributed by atoms with Gasteiger partial charge in [-0.1, -0.05) is 35.9 Å². The minimum absolute atomic E-state index is 0.304. The molecule has 2 aromatic carbocycles. The molecule has 3 rings (SSSR count). The lowest BCUT2D eigenvalue weighted by Crippen LogP contribution is -2.38. The van der Waals surface area contributed by atoms with E-state index in [0.29, 0.717) is 17.7 Å². The summed E-state index contributed by atoms with van der Waals surface area (Å²) in [5.74, 6) is -0.744. The van der Waals surface area contributed by atoms with Crippen molar-refractivity contribution < 1.29 is 14.3 Å². The molecule has 1 heterocycles. The summed E-state index contributed by atoms with van der Waals surface area (Å²) in [6, 6.07) is 14.7. The quantitative estimate of drug-likeness (QED) is 0.861. The second-order valence-electron chi connectivity index (χ2n) is 5.11. The number of fused-ring (bicyclic) bond motifs is 1. The van der Waals surface area contributed by atoms with Crippen molar-refractivity contribution in [2.75, 3.05) is 5.32 Å². The van der Waals surface area contributed by atoms with E-state index in [1.54, 1.807) is 18.2 Å². The van der Waals surface area contributed by atoms with Crippen molar-refractivity contribution in [3.63, 3.8) is 0 Å². The number of hydrogen-bond acceptors (Lipinski definition) is 3. The van der Waals surface area contributed by atoms with Crippen molar-refractivity contribution in [1.29, 1.82) is 0 Å². The molecule has 0 spiro atoms. The summed E-state index contributed by atoms with van der Waals surface area (Å²) in [5.41, 5.74) is 3.16. The fraction of sp³-hybridized carbons (Fsp3) is 0.176. The summed E-state index contributed by atoms with van der Waals surface area (Å²) in [4.78, 5) is 24.2. The van der Waals surface area contributed by atoms with Gasteiger partial charge in [0.25, 0.3) is 5.91 Å². The highest BCUT2D eigenvalue weighted by Gasteiger charge is 2.31. The van der Waals surface area contributed by atoms with E-state index >= 15 is 0 Å². The molecule has 0 aromatic heterocycles. The van der Waals surface area contributed by atoms with Crippen molar-refractivity contribution in [3.8, 4) is 0 Å². The summed E-state index contributed by atoms with van der Waals surface area (Å²) < 4.78 is 5.24. The molecule has 0 aliphatic carbocycles. The lowest BCUT2D eigenvalue weighted by Gasteiger charge is -2.24. The van der Waals surface area contributed by atoms with Crippen molar-refractivity contribution >= 4 is 17.6 Å². The lowest BCUT2D eigenvalue weighted by molar-refractivity contribution is -0.125. The molecule has 21 heavy (non-hydrogen) atoms. The van der Waals surface area contributed by atoms with E-state index in [-0.39, 0.29) is 5.91 Å². The van der Waals surface area contributed by atoms with Gasteiger partial charge in [0, 0.05) is 12.1 Å². The monoisotopic (exact) mass is 281 g/mol. The summed E-state index contributed by atoms with van der Waals surface area (Å²) in [5, 5.41) is 2.76. The lowest BCUT2D eigenvalue weighted by atomic mass is 9.96. The first-order valence-electron chi connectivity index (χ1n) is 6.80. The van der Waals surface area contributed by atoms with Crippen LogP contribution in [0.5, 0.6) is 0 Å². The third kappa shape index (κ3) is 2.79. The van der Waals surface area contributed by atoms with E-state index in [1.807, 2.05) is 37.3 Å². The average Bonchev–Trinajstić information content (AvgIpc) is 2.47. The van der Waals surface area contributed by atoms with Gasteiger partial charge in [-0.3, -0.25) is 4.79 Å². The van der Waals surface area contributed by atoms with Crippen LogP contribution in [0.25, 0.3) is 0 Å². The van der Waals surface area contributed by atoms with Crippen molar-refractivity contribution in [2.45, 2.75) is 19.4 Å². The first-order valence-corrected chi connectivity index (χ1v) is 6.80. The molecule has 0 bridgehead atoms. The van der Waals surface area contributed by atoms with Crippen LogP contribution in [0.4, 0.5) is 5.69 Å². The number of benzene rings is 2. The smallest absolute Gasteiger partial charge is 0.339 e. The number of carbonyl (C=O) groups excluding carboxylic acids is 2. The predicted molar refractivity (Wildman–Crippen MR) is 79.2 cm³/mol. The van der Waals surface area contributed by atoms with E-state index in [0.717, 1.165) is 11.1 Å². The molecule has 1 amide bonds. The molecule has 1 aliphatic rings. The molecule has 0 fully saturated rings. The second-order valence-corrected chi connectivity index (χ2v) is 5.11. The van der Waals surface area contributed by atoms with Crippen molar-refractivity contribution in [1.82, 2.24) is 0 Å². The van der Waals surface area contributed by atoms with Gasteiger partial charge in [-0.2, -0.15) is 0 Å². The van der Waals surface area contributed by atoms with Gasteiger partial charge in [-0.15, -0.1) is 0 Å². The Kier molecular flexibility index (Phi) is 3.44. The van der Waals surface area contributed by atoms with E-state index in [4.69, 9.17) is 4.74 Å². The number of anilines is 1. The third-order valence-corrected chi connectivity index (χ3v) is 3.47. The Bertz CT molecular complexity index is 694. The Morgan fingerprint density at radius 1 is 1.19 bits per heavy atom. The molecule has 1 unspecified atom stereocenters. The average molecular weight is 281 g/mol. The van der Waals surface area contributed by atoms with E-state index < -0.39 is 12.1 Å². The van der Waals surface area contributed by atoms with Gasteiger partial charge >= 0.3 is 5.97 Å².